The van der Waals surface area contributed by atoms with E-state index in [1.165, 1.54) is 109 Å². The van der Waals surface area contributed by atoms with E-state index in [1.54, 1.807) is 18.2 Å². The smallest absolute Gasteiger partial charge is 0.309 e. The Kier molecular flexibility index (Phi) is 32.1. The summed E-state index contributed by atoms with van der Waals surface area (Å²) in [6.07, 6.45) is 35.1. The number of carbonyl (C=O) groups excluding carboxylic acids is 2. The standard InChI is InChI=1S/C46H84O8/c1-4-6-23-29-39(48)33-34-42-41(43(49)35-44(42)50)30-26-27-31-45(51)53-37-40(36-47)54-46(52)32-25-22-20-18-16-14-12-10-8-7-9-11-13-15-17-19-21-24-28-38(3)5-2/h26-27,33-34,38-44,47-50H,4-25,28-32,35-37H2,1-3H3/b27-26-,34-33+/t38?,39-,40+,41+,42-,43+,44-/m1/s1. The largest absolute Gasteiger partial charge is 0.461 e. The first-order valence-electron chi connectivity index (χ1n) is 22.5. The highest BCUT2D eigenvalue weighted by Crippen LogP contribution is 2.36. The zero-order valence-corrected chi connectivity index (χ0v) is 35.0. The van der Waals surface area contributed by atoms with Crippen LogP contribution in [0.3, 0.4) is 0 Å². The van der Waals surface area contributed by atoms with Crippen molar-refractivity contribution in [2.45, 2.75) is 225 Å². The number of ether oxygens (including phenoxy) is 2. The molecule has 0 heterocycles. The fraction of sp³-hybridized carbons (Fsp3) is 0.870. The van der Waals surface area contributed by atoms with Crippen LogP contribution in [0.5, 0.6) is 0 Å². The molecule has 0 aliphatic heterocycles. The van der Waals surface area contributed by atoms with Crippen molar-refractivity contribution < 1.29 is 39.5 Å². The number of hydrogen-bond donors (Lipinski definition) is 4. The van der Waals surface area contributed by atoms with Crippen molar-refractivity contribution in [3.8, 4) is 0 Å². The summed E-state index contributed by atoms with van der Waals surface area (Å²) in [4.78, 5) is 24.5. The lowest BCUT2D eigenvalue weighted by molar-refractivity contribution is -0.161. The van der Waals surface area contributed by atoms with Gasteiger partial charge in [-0.1, -0.05) is 186 Å². The van der Waals surface area contributed by atoms with Gasteiger partial charge in [-0.15, -0.1) is 0 Å². The van der Waals surface area contributed by atoms with Crippen LogP contribution in [0.4, 0.5) is 0 Å². The molecular weight excluding hydrogens is 680 g/mol. The van der Waals surface area contributed by atoms with Crippen molar-refractivity contribution in [3.63, 3.8) is 0 Å². The van der Waals surface area contributed by atoms with E-state index >= 15 is 0 Å². The van der Waals surface area contributed by atoms with Gasteiger partial charge in [0.1, 0.15) is 6.61 Å². The van der Waals surface area contributed by atoms with E-state index in [4.69, 9.17) is 9.47 Å². The number of aliphatic hydroxyl groups is 4. The molecule has 1 aliphatic carbocycles. The Morgan fingerprint density at radius 2 is 1.24 bits per heavy atom. The molecular formula is C46H84O8. The minimum Gasteiger partial charge on any atom is -0.461 e. The second kappa shape index (κ2) is 34.5. The Morgan fingerprint density at radius 1 is 0.704 bits per heavy atom. The zero-order valence-electron chi connectivity index (χ0n) is 35.0. The van der Waals surface area contributed by atoms with Gasteiger partial charge >= 0.3 is 11.9 Å². The highest BCUT2D eigenvalue weighted by molar-refractivity contribution is 5.71. The number of allylic oxidation sites excluding steroid dienone is 1. The third-order valence-electron chi connectivity index (χ3n) is 11.4. The fourth-order valence-corrected chi connectivity index (χ4v) is 7.50. The van der Waals surface area contributed by atoms with Crippen molar-refractivity contribution in [1.29, 1.82) is 0 Å². The Bertz CT molecular complexity index is 951. The summed E-state index contributed by atoms with van der Waals surface area (Å²) in [5.41, 5.74) is 0. The first-order chi connectivity index (χ1) is 26.2. The van der Waals surface area contributed by atoms with Crippen LogP contribution in [-0.4, -0.2) is 70.0 Å². The second-order valence-electron chi connectivity index (χ2n) is 16.4. The molecule has 0 aromatic rings. The zero-order chi connectivity index (χ0) is 39.7. The first-order valence-corrected chi connectivity index (χ1v) is 22.5. The molecule has 316 valence electrons. The summed E-state index contributed by atoms with van der Waals surface area (Å²) >= 11 is 0. The molecule has 0 amide bonds. The maximum absolute atomic E-state index is 12.3. The van der Waals surface area contributed by atoms with Crippen molar-refractivity contribution in [3.05, 3.63) is 24.3 Å². The number of rotatable bonds is 36. The third-order valence-corrected chi connectivity index (χ3v) is 11.4. The molecule has 1 fully saturated rings. The van der Waals surface area contributed by atoms with E-state index in [9.17, 15) is 30.0 Å². The molecule has 8 heteroatoms. The molecule has 0 aromatic carbocycles. The van der Waals surface area contributed by atoms with Gasteiger partial charge in [0.25, 0.3) is 0 Å². The van der Waals surface area contributed by atoms with Crippen LogP contribution in [-0.2, 0) is 19.1 Å². The predicted molar refractivity (Wildman–Crippen MR) is 221 cm³/mol. The Balaban J connectivity index is 2.04. The van der Waals surface area contributed by atoms with Gasteiger partial charge in [-0.3, -0.25) is 9.59 Å². The van der Waals surface area contributed by atoms with Gasteiger partial charge in [-0.25, -0.2) is 0 Å². The van der Waals surface area contributed by atoms with Gasteiger partial charge in [-0.2, -0.15) is 0 Å². The van der Waals surface area contributed by atoms with Crippen molar-refractivity contribution in [2.75, 3.05) is 13.2 Å². The number of unbranched alkanes of at least 4 members (excludes halogenated alkanes) is 19. The van der Waals surface area contributed by atoms with Gasteiger partial charge in [0.05, 0.1) is 31.3 Å². The summed E-state index contributed by atoms with van der Waals surface area (Å²) in [5, 5.41) is 40.7. The average molecular weight is 765 g/mol. The molecule has 0 bridgehead atoms. The minimum absolute atomic E-state index is 0.00711. The Morgan fingerprint density at radius 3 is 1.78 bits per heavy atom. The van der Waals surface area contributed by atoms with E-state index in [0.717, 1.165) is 44.4 Å². The van der Waals surface area contributed by atoms with E-state index in [-0.39, 0.29) is 37.3 Å². The summed E-state index contributed by atoms with van der Waals surface area (Å²) in [7, 11) is 0. The molecule has 7 atom stereocenters. The Hall–Kier alpha value is -1.74. The SMILES string of the molecule is CCCCC[C@@H](O)/C=C/[C@@H]1[C@H](C/C=C\CC(=O)OC[C@H](CO)OC(=O)CCCCCCCCCCCCCCCCCCCCC(C)CC)[C@@H](O)C[C@H]1O. The molecule has 0 saturated heterocycles. The van der Waals surface area contributed by atoms with Gasteiger partial charge in [-0.05, 0) is 31.1 Å². The van der Waals surface area contributed by atoms with Gasteiger partial charge in [0.15, 0.2) is 6.10 Å². The molecule has 1 unspecified atom stereocenters. The molecule has 1 aliphatic rings. The van der Waals surface area contributed by atoms with Crippen LogP contribution in [0.15, 0.2) is 24.3 Å². The number of carbonyl (C=O) groups is 2. The summed E-state index contributed by atoms with van der Waals surface area (Å²) in [6.45, 7) is 6.17. The lowest BCUT2D eigenvalue weighted by atomic mass is 9.89. The van der Waals surface area contributed by atoms with Crippen LogP contribution < -0.4 is 0 Å². The first kappa shape index (κ1) is 50.3. The molecule has 0 spiro atoms. The van der Waals surface area contributed by atoms with Crippen LogP contribution in [0.25, 0.3) is 0 Å². The average Bonchev–Trinajstić information content (AvgIpc) is 3.43. The molecule has 1 rings (SSSR count). The second-order valence-corrected chi connectivity index (χ2v) is 16.4. The van der Waals surface area contributed by atoms with Crippen LogP contribution in [0, 0.1) is 17.8 Å². The molecule has 54 heavy (non-hydrogen) atoms. The highest BCUT2D eigenvalue weighted by Gasteiger charge is 2.39. The van der Waals surface area contributed by atoms with E-state index in [0.29, 0.717) is 19.3 Å². The lowest BCUT2D eigenvalue weighted by Gasteiger charge is -2.19. The van der Waals surface area contributed by atoms with E-state index < -0.39 is 37.0 Å². The summed E-state index contributed by atoms with van der Waals surface area (Å²) in [5.74, 6) is -0.460. The Labute approximate surface area is 331 Å². The van der Waals surface area contributed by atoms with Crippen molar-refractivity contribution >= 4 is 11.9 Å². The van der Waals surface area contributed by atoms with Gasteiger partial charge in [0.2, 0.25) is 0 Å². The molecule has 0 aromatic heterocycles. The van der Waals surface area contributed by atoms with Crippen LogP contribution in [0.1, 0.15) is 201 Å². The summed E-state index contributed by atoms with van der Waals surface area (Å²) in [6, 6.07) is 0. The minimum atomic E-state index is -0.885. The monoisotopic (exact) mass is 765 g/mol. The lowest BCUT2D eigenvalue weighted by Crippen LogP contribution is -2.28. The topological polar surface area (TPSA) is 134 Å². The summed E-state index contributed by atoms with van der Waals surface area (Å²) < 4.78 is 10.6. The molecule has 4 N–H and O–H groups in total. The predicted octanol–water partition coefficient (Wildman–Crippen LogP) is 10.5. The van der Waals surface area contributed by atoms with Crippen molar-refractivity contribution in [2.24, 2.45) is 17.8 Å². The van der Waals surface area contributed by atoms with Crippen LogP contribution >= 0.6 is 0 Å². The number of esters is 2. The normalized spacial score (nSPS) is 20.5. The molecule has 1 saturated carbocycles. The quantitative estimate of drug-likeness (QED) is 0.0281. The van der Waals surface area contributed by atoms with Crippen molar-refractivity contribution in [1.82, 2.24) is 0 Å². The maximum atomic E-state index is 12.3. The van der Waals surface area contributed by atoms with Gasteiger partial charge in [0, 0.05) is 18.8 Å². The fourth-order valence-electron chi connectivity index (χ4n) is 7.50. The van der Waals surface area contributed by atoms with E-state index in [2.05, 4.69) is 20.8 Å². The van der Waals surface area contributed by atoms with Gasteiger partial charge < -0.3 is 29.9 Å². The maximum Gasteiger partial charge on any atom is 0.309 e. The van der Waals surface area contributed by atoms with Crippen LogP contribution in [0.2, 0.25) is 0 Å². The van der Waals surface area contributed by atoms with E-state index in [1.807, 2.05) is 6.08 Å². The number of hydrogen-bond acceptors (Lipinski definition) is 8. The molecule has 8 nitrogen and oxygen atoms in total. The molecule has 0 radical (unpaired) electrons. The highest BCUT2D eigenvalue weighted by atomic mass is 16.6. The number of aliphatic hydroxyl groups excluding tert-OH is 4. The third kappa shape index (κ3) is 27.0.